The number of fused-ring (bicyclic) bond motifs is 2. The third kappa shape index (κ3) is 3.26. The summed E-state index contributed by atoms with van der Waals surface area (Å²) in [5.74, 6) is 0.578. The molecule has 0 aliphatic rings. The number of ether oxygens (including phenoxy) is 1. The molecule has 0 saturated heterocycles. The first kappa shape index (κ1) is 19.1. The SMILES string of the molecule is COc1cc(F)cc(-c2ccnc3[nH]c(-c4n[nH]c5cnc(-c6ccccn6)cc45)nc23)c1. The summed E-state index contributed by atoms with van der Waals surface area (Å²) < 4.78 is 19.4. The Kier molecular flexibility index (Phi) is 4.32. The number of halogens is 1. The summed E-state index contributed by atoms with van der Waals surface area (Å²) in [4.78, 5) is 21.3. The molecule has 0 fully saturated rings. The zero-order chi connectivity index (χ0) is 22.4. The predicted octanol–water partition coefficient (Wildman–Crippen LogP) is 4.77. The summed E-state index contributed by atoms with van der Waals surface area (Å²) in [6, 6.07) is 13.9. The highest BCUT2D eigenvalue weighted by atomic mass is 19.1. The van der Waals surface area contributed by atoms with Crippen molar-refractivity contribution in [2.75, 3.05) is 7.11 Å². The number of nitrogens with one attached hydrogen (secondary N) is 2. The van der Waals surface area contributed by atoms with Gasteiger partial charge in [-0.15, -0.1) is 0 Å². The molecule has 0 unspecified atom stereocenters. The molecule has 0 aliphatic heterocycles. The van der Waals surface area contributed by atoms with Crippen molar-refractivity contribution in [3.05, 3.63) is 72.9 Å². The highest BCUT2D eigenvalue weighted by Gasteiger charge is 2.17. The zero-order valence-corrected chi connectivity index (χ0v) is 17.4. The van der Waals surface area contributed by atoms with Gasteiger partial charge in [0.25, 0.3) is 0 Å². The molecule has 0 spiro atoms. The molecule has 9 heteroatoms. The van der Waals surface area contributed by atoms with Crippen LogP contribution in [-0.4, -0.2) is 42.2 Å². The van der Waals surface area contributed by atoms with E-state index < -0.39 is 5.82 Å². The maximum atomic E-state index is 14.1. The van der Waals surface area contributed by atoms with Crippen molar-refractivity contribution in [2.24, 2.45) is 0 Å². The third-order valence-electron chi connectivity index (χ3n) is 5.40. The Morgan fingerprint density at radius 1 is 0.939 bits per heavy atom. The van der Waals surface area contributed by atoms with Crippen molar-refractivity contribution >= 4 is 22.1 Å². The van der Waals surface area contributed by atoms with Crippen molar-refractivity contribution in [2.45, 2.75) is 0 Å². The quantitative estimate of drug-likeness (QED) is 0.411. The van der Waals surface area contributed by atoms with Crippen LogP contribution in [0, 0.1) is 5.82 Å². The second-order valence-corrected chi connectivity index (χ2v) is 7.42. The molecule has 1 aromatic carbocycles. The molecular formula is C24H16FN7O. The molecule has 5 heterocycles. The number of imidazole rings is 1. The lowest BCUT2D eigenvalue weighted by Gasteiger charge is -2.06. The fourth-order valence-corrected chi connectivity index (χ4v) is 3.84. The van der Waals surface area contributed by atoms with E-state index in [1.54, 1.807) is 30.7 Å². The summed E-state index contributed by atoms with van der Waals surface area (Å²) in [7, 11) is 1.50. The topological polar surface area (TPSA) is 105 Å². The van der Waals surface area contributed by atoms with Gasteiger partial charge in [0.15, 0.2) is 11.5 Å². The van der Waals surface area contributed by atoms with Crippen molar-refractivity contribution < 1.29 is 9.13 Å². The highest BCUT2D eigenvalue weighted by molar-refractivity contribution is 5.96. The van der Waals surface area contributed by atoms with Gasteiger partial charge in [0, 0.05) is 29.4 Å². The van der Waals surface area contributed by atoms with Crippen LogP contribution in [0.2, 0.25) is 0 Å². The minimum absolute atomic E-state index is 0.391. The fraction of sp³-hybridized carbons (Fsp3) is 0.0417. The minimum Gasteiger partial charge on any atom is -0.497 e. The normalized spacial score (nSPS) is 11.3. The van der Waals surface area contributed by atoms with E-state index in [1.165, 1.54) is 19.2 Å². The lowest BCUT2D eigenvalue weighted by Crippen LogP contribution is -1.88. The fourth-order valence-electron chi connectivity index (χ4n) is 3.84. The first-order valence-corrected chi connectivity index (χ1v) is 10.1. The van der Waals surface area contributed by atoms with Gasteiger partial charge in [-0.2, -0.15) is 5.10 Å². The third-order valence-corrected chi connectivity index (χ3v) is 5.40. The van der Waals surface area contributed by atoms with E-state index in [2.05, 4.69) is 30.1 Å². The first-order valence-electron chi connectivity index (χ1n) is 10.1. The van der Waals surface area contributed by atoms with Gasteiger partial charge in [-0.25, -0.2) is 14.4 Å². The van der Waals surface area contributed by atoms with E-state index in [1.807, 2.05) is 24.3 Å². The van der Waals surface area contributed by atoms with Gasteiger partial charge < -0.3 is 9.72 Å². The van der Waals surface area contributed by atoms with Crippen LogP contribution in [0.3, 0.4) is 0 Å². The number of hydrogen-bond donors (Lipinski definition) is 2. The number of nitrogens with zero attached hydrogens (tertiary/aromatic N) is 5. The molecule has 0 saturated carbocycles. The molecule has 0 aliphatic carbocycles. The van der Waals surface area contributed by atoms with Crippen LogP contribution in [0.4, 0.5) is 4.39 Å². The average Bonchev–Trinajstić information content (AvgIpc) is 3.47. The molecule has 6 aromatic rings. The molecule has 33 heavy (non-hydrogen) atoms. The Labute approximate surface area is 186 Å². The van der Waals surface area contributed by atoms with E-state index in [0.29, 0.717) is 34.0 Å². The number of pyridine rings is 3. The highest BCUT2D eigenvalue weighted by Crippen LogP contribution is 2.33. The van der Waals surface area contributed by atoms with E-state index in [-0.39, 0.29) is 0 Å². The molecule has 0 atom stereocenters. The predicted molar refractivity (Wildman–Crippen MR) is 122 cm³/mol. The molecule has 160 valence electrons. The molecule has 6 rings (SSSR count). The maximum Gasteiger partial charge on any atom is 0.160 e. The van der Waals surface area contributed by atoms with Crippen LogP contribution in [-0.2, 0) is 0 Å². The van der Waals surface area contributed by atoms with Crippen LogP contribution in [0.1, 0.15) is 0 Å². The Balaban J connectivity index is 1.50. The Morgan fingerprint density at radius 2 is 1.88 bits per heavy atom. The lowest BCUT2D eigenvalue weighted by atomic mass is 10.1. The monoisotopic (exact) mass is 437 g/mol. The van der Waals surface area contributed by atoms with Crippen LogP contribution < -0.4 is 4.74 Å². The van der Waals surface area contributed by atoms with Gasteiger partial charge in [0.05, 0.1) is 30.2 Å². The summed E-state index contributed by atoms with van der Waals surface area (Å²) in [5, 5.41) is 8.30. The van der Waals surface area contributed by atoms with Gasteiger partial charge in [0.2, 0.25) is 0 Å². The van der Waals surface area contributed by atoms with Gasteiger partial charge in [-0.05, 0) is 42.0 Å². The molecule has 0 radical (unpaired) electrons. The number of methoxy groups -OCH3 is 1. The molecule has 0 amide bonds. The summed E-state index contributed by atoms with van der Waals surface area (Å²) >= 11 is 0. The van der Waals surface area contributed by atoms with Crippen LogP contribution in [0.15, 0.2) is 67.1 Å². The van der Waals surface area contributed by atoms with Gasteiger partial charge in [-0.3, -0.25) is 15.1 Å². The summed E-state index contributed by atoms with van der Waals surface area (Å²) in [6.07, 6.45) is 5.11. The van der Waals surface area contributed by atoms with Crippen molar-refractivity contribution in [3.8, 4) is 39.8 Å². The number of H-pyrrole nitrogens is 2. The van der Waals surface area contributed by atoms with Crippen molar-refractivity contribution in [3.63, 3.8) is 0 Å². The molecular weight excluding hydrogens is 421 g/mol. The van der Waals surface area contributed by atoms with Crippen molar-refractivity contribution in [1.82, 2.24) is 35.1 Å². The molecule has 5 aromatic heterocycles. The number of hydrogen-bond acceptors (Lipinski definition) is 6. The number of benzene rings is 1. The van der Waals surface area contributed by atoms with Crippen LogP contribution >= 0.6 is 0 Å². The number of rotatable bonds is 4. The van der Waals surface area contributed by atoms with Crippen LogP contribution in [0.5, 0.6) is 5.75 Å². The Bertz CT molecular complexity index is 1620. The van der Waals surface area contributed by atoms with Crippen molar-refractivity contribution in [1.29, 1.82) is 0 Å². The van der Waals surface area contributed by atoms with E-state index in [9.17, 15) is 4.39 Å². The standard InChI is InChI=1S/C24H16FN7O/c1-33-15-9-13(8-14(25)10-15)16-5-7-27-23-21(16)29-24(30-23)22-17-11-19(18-4-2-3-6-26-18)28-12-20(17)31-32-22/h2-12H,1H3,(H,31,32)(H,27,29,30). The van der Waals surface area contributed by atoms with E-state index >= 15 is 0 Å². The minimum atomic E-state index is -0.391. The van der Waals surface area contributed by atoms with Crippen LogP contribution in [0.25, 0.3) is 56.1 Å². The van der Waals surface area contributed by atoms with Gasteiger partial charge >= 0.3 is 0 Å². The smallest absolute Gasteiger partial charge is 0.160 e. The average molecular weight is 437 g/mol. The van der Waals surface area contributed by atoms with E-state index in [4.69, 9.17) is 9.72 Å². The molecule has 0 bridgehead atoms. The van der Waals surface area contributed by atoms with Gasteiger partial charge in [0.1, 0.15) is 22.8 Å². The molecule has 8 nitrogen and oxygen atoms in total. The van der Waals surface area contributed by atoms with E-state index in [0.717, 1.165) is 27.9 Å². The number of aromatic nitrogens is 7. The Morgan fingerprint density at radius 3 is 2.73 bits per heavy atom. The maximum absolute atomic E-state index is 14.1. The first-order chi connectivity index (χ1) is 16.2. The summed E-state index contributed by atoms with van der Waals surface area (Å²) in [6.45, 7) is 0. The zero-order valence-electron chi connectivity index (χ0n) is 17.4. The summed E-state index contributed by atoms with van der Waals surface area (Å²) in [5.41, 5.74) is 5.45. The second-order valence-electron chi connectivity index (χ2n) is 7.42. The van der Waals surface area contributed by atoms with Gasteiger partial charge in [-0.1, -0.05) is 6.07 Å². The largest absolute Gasteiger partial charge is 0.497 e. The Hall–Kier alpha value is -4.66. The second kappa shape index (κ2) is 7.49. The number of aromatic amines is 2. The lowest BCUT2D eigenvalue weighted by molar-refractivity contribution is 0.411. The molecule has 2 N–H and O–H groups in total.